The molecule has 1 aliphatic carbocycles. The van der Waals surface area contributed by atoms with Crippen LogP contribution in [-0.2, 0) is 14.2 Å². The first-order valence-corrected chi connectivity index (χ1v) is 7.21. The number of hydrogen-bond donors (Lipinski definition) is 1. The van der Waals surface area contributed by atoms with E-state index in [1.54, 1.807) is 7.11 Å². The van der Waals surface area contributed by atoms with E-state index >= 15 is 0 Å². The van der Waals surface area contributed by atoms with Crippen LogP contribution in [0.5, 0.6) is 0 Å². The zero-order valence-electron chi connectivity index (χ0n) is 11.0. The lowest BCUT2D eigenvalue weighted by Gasteiger charge is -2.26. The molecule has 3 nitrogen and oxygen atoms in total. The van der Waals surface area contributed by atoms with Crippen LogP contribution in [0.15, 0.2) is 0 Å². The minimum Gasteiger partial charge on any atom is -0.382 e. The molecule has 4 heteroatoms. The van der Waals surface area contributed by atoms with Gasteiger partial charge in [-0.2, -0.15) is 12.6 Å². The second-order valence-electron chi connectivity index (χ2n) is 4.88. The van der Waals surface area contributed by atoms with Crippen molar-refractivity contribution in [3.05, 3.63) is 0 Å². The Morgan fingerprint density at radius 2 is 1.71 bits per heavy atom. The van der Waals surface area contributed by atoms with Crippen LogP contribution >= 0.6 is 12.6 Å². The van der Waals surface area contributed by atoms with E-state index in [0.717, 1.165) is 32.0 Å². The smallest absolute Gasteiger partial charge is 0.0700 e. The second-order valence-corrected chi connectivity index (χ2v) is 5.19. The molecule has 17 heavy (non-hydrogen) atoms. The van der Waals surface area contributed by atoms with E-state index in [9.17, 15) is 0 Å². The number of hydrogen-bond acceptors (Lipinski definition) is 4. The predicted octanol–water partition coefficient (Wildman–Crippen LogP) is 2.55. The van der Waals surface area contributed by atoms with Gasteiger partial charge < -0.3 is 14.2 Å². The molecule has 0 spiro atoms. The summed E-state index contributed by atoms with van der Waals surface area (Å²) >= 11 is 4.46. The van der Waals surface area contributed by atoms with Crippen LogP contribution in [0.3, 0.4) is 0 Å². The van der Waals surface area contributed by atoms with Crippen molar-refractivity contribution in [2.45, 2.75) is 32.1 Å². The highest BCUT2D eigenvalue weighted by molar-refractivity contribution is 7.80. The summed E-state index contributed by atoms with van der Waals surface area (Å²) in [6.45, 7) is 3.77. The van der Waals surface area contributed by atoms with Gasteiger partial charge in [-0.05, 0) is 25.0 Å². The summed E-state index contributed by atoms with van der Waals surface area (Å²) < 4.78 is 16.0. The molecule has 0 radical (unpaired) electrons. The number of methoxy groups -OCH3 is 1. The molecule has 0 aromatic carbocycles. The third-order valence-corrected chi connectivity index (χ3v) is 4.09. The summed E-state index contributed by atoms with van der Waals surface area (Å²) in [5.41, 5.74) is 0.361. The van der Waals surface area contributed by atoms with Gasteiger partial charge in [-0.15, -0.1) is 0 Å². The van der Waals surface area contributed by atoms with E-state index in [1.807, 2.05) is 0 Å². The average Bonchev–Trinajstić information content (AvgIpc) is 2.82. The maximum Gasteiger partial charge on any atom is 0.0700 e. The molecular weight excluding hydrogens is 236 g/mol. The van der Waals surface area contributed by atoms with Gasteiger partial charge in [0.15, 0.2) is 0 Å². The van der Waals surface area contributed by atoms with Crippen LogP contribution in [0.25, 0.3) is 0 Å². The van der Waals surface area contributed by atoms with Crippen LogP contribution in [0, 0.1) is 5.41 Å². The van der Waals surface area contributed by atoms with Crippen molar-refractivity contribution in [1.29, 1.82) is 0 Å². The molecule has 0 aromatic rings. The van der Waals surface area contributed by atoms with Gasteiger partial charge in [-0.3, -0.25) is 0 Å². The Morgan fingerprint density at radius 3 is 2.35 bits per heavy atom. The van der Waals surface area contributed by atoms with Gasteiger partial charge in [-0.1, -0.05) is 12.8 Å². The van der Waals surface area contributed by atoms with Crippen LogP contribution < -0.4 is 0 Å². The molecule has 0 aliphatic heterocycles. The lowest BCUT2D eigenvalue weighted by atomic mass is 9.90. The molecular formula is C13H26O3S. The fourth-order valence-electron chi connectivity index (χ4n) is 2.27. The van der Waals surface area contributed by atoms with Crippen molar-refractivity contribution in [2.24, 2.45) is 5.41 Å². The molecule has 0 unspecified atom stereocenters. The topological polar surface area (TPSA) is 27.7 Å². The van der Waals surface area contributed by atoms with Crippen LogP contribution in [0.1, 0.15) is 32.1 Å². The van der Waals surface area contributed by atoms with Crippen LogP contribution in [-0.4, -0.2) is 45.9 Å². The Labute approximate surface area is 111 Å². The van der Waals surface area contributed by atoms with Gasteiger partial charge in [0.1, 0.15) is 0 Å². The molecule has 0 bridgehead atoms. The Hall–Kier alpha value is 0.230. The van der Waals surface area contributed by atoms with Crippen molar-refractivity contribution in [2.75, 3.05) is 45.9 Å². The standard InChI is InChI=1S/C13H26O3S/c1-14-9-10-15-7-4-8-16-11-13(12-17)5-2-3-6-13/h17H,2-12H2,1H3. The molecule has 0 amide bonds. The maximum absolute atomic E-state index is 5.76. The van der Waals surface area contributed by atoms with E-state index in [2.05, 4.69) is 12.6 Å². The quantitative estimate of drug-likeness (QED) is 0.484. The van der Waals surface area contributed by atoms with Crippen molar-refractivity contribution in [3.8, 4) is 0 Å². The highest BCUT2D eigenvalue weighted by Gasteiger charge is 2.32. The summed E-state index contributed by atoms with van der Waals surface area (Å²) in [6.07, 6.45) is 6.20. The molecule has 0 saturated heterocycles. The predicted molar refractivity (Wildman–Crippen MR) is 72.9 cm³/mol. The first kappa shape index (κ1) is 15.3. The van der Waals surface area contributed by atoms with Crippen molar-refractivity contribution in [3.63, 3.8) is 0 Å². The third-order valence-electron chi connectivity index (χ3n) is 3.42. The van der Waals surface area contributed by atoms with E-state index in [0.29, 0.717) is 18.6 Å². The molecule has 1 fully saturated rings. The number of rotatable bonds is 10. The van der Waals surface area contributed by atoms with E-state index in [1.165, 1.54) is 25.7 Å². The zero-order valence-corrected chi connectivity index (χ0v) is 11.8. The molecule has 1 rings (SSSR count). The summed E-state index contributed by atoms with van der Waals surface area (Å²) in [6, 6.07) is 0. The van der Waals surface area contributed by atoms with Gasteiger partial charge in [0, 0.05) is 25.7 Å². The van der Waals surface area contributed by atoms with Gasteiger partial charge >= 0.3 is 0 Å². The van der Waals surface area contributed by atoms with Crippen LogP contribution in [0.4, 0.5) is 0 Å². The van der Waals surface area contributed by atoms with E-state index in [4.69, 9.17) is 14.2 Å². The molecule has 102 valence electrons. The lowest BCUT2D eigenvalue weighted by molar-refractivity contribution is 0.0294. The van der Waals surface area contributed by atoms with E-state index < -0.39 is 0 Å². The molecule has 1 aliphatic rings. The van der Waals surface area contributed by atoms with E-state index in [-0.39, 0.29) is 0 Å². The largest absolute Gasteiger partial charge is 0.382 e. The normalized spacial score (nSPS) is 18.7. The minimum absolute atomic E-state index is 0.361. The Bertz CT molecular complexity index is 182. The SMILES string of the molecule is COCCOCCCOCC1(CS)CCCC1. The van der Waals surface area contributed by atoms with Crippen molar-refractivity contribution >= 4 is 12.6 Å². The van der Waals surface area contributed by atoms with Crippen LogP contribution in [0.2, 0.25) is 0 Å². The highest BCUT2D eigenvalue weighted by atomic mass is 32.1. The van der Waals surface area contributed by atoms with Gasteiger partial charge in [0.25, 0.3) is 0 Å². The fourth-order valence-corrected chi connectivity index (χ4v) is 2.68. The number of ether oxygens (including phenoxy) is 3. The maximum atomic E-state index is 5.76. The lowest BCUT2D eigenvalue weighted by Crippen LogP contribution is -2.25. The zero-order chi connectivity index (χ0) is 12.4. The Kier molecular flexibility index (Phi) is 8.27. The average molecular weight is 262 g/mol. The molecule has 0 atom stereocenters. The van der Waals surface area contributed by atoms with Gasteiger partial charge in [0.05, 0.1) is 19.8 Å². The molecule has 0 aromatic heterocycles. The second kappa shape index (κ2) is 9.20. The summed E-state index contributed by atoms with van der Waals surface area (Å²) in [7, 11) is 1.69. The van der Waals surface area contributed by atoms with Gasteiger partial charge in [-0.25, -0.2) is 0 Å². The Morgan fingerprint density at radius 1 is 1.00 bits per heavy atom. The monoisotopic (exact) mass is 262 g/mol. The highest BCUT2D eigenvalue weighted by Crippen LogP contribution is 2.39. The molecule has 0 heterocycles. The first-order valence-electron chi connectivity index (χ1n) is 6.58. The summed E-state index contributed by atoms with van der Waals surface area (Å²) in [5.74, 6) is 0.956. The number of thiol groups is 1. The summed E-state index contributed by atoms with van der Waals surface area (Å²) in [4.78, 5) is 0. The molecule has 0 N–H and O–H groups in total. The molecule has 1 saturated carbocycles. The van der Waals surface area contributed by atoms with Gasteiger partial charge in [0.2, 0.25) is 0 Å². The Balaban J connectivity index is 1.92. The first-order chi connectivity index (χ1) is 8.33. The minimum atomic E-state index is 0.361. The third kappa shape index (κ3) is 6.09. The summed E-state index contributed by atoms with van der Waals surface area (Å²) in [5, 5.41) is 0. The fraction of sp³-hybridized carbons (Fsp3) is 1.00. The van der Waals surface area contributed by atoms with Crippen molar-refractivity contribution in [1.82, 2.24) is 0 Å². The van der Waals surface area contributed by atoms with Crippen molar-refractivity contribution < 1.29 is 14.2 Å².